The third-order valence-electron chi connectivity index (χ3n) is 1.46. The van der Waals surface area contributed by atoms with Crippen LogP contribution in [0.2, 0.25) is 0 Å². The van der Waals surface area contributed by atoms with Crippen molar-refractivity contribution in [3.63, 3.8) is 0 Å². The summed E-state index contributed by atoms with van der Waals surface area (Å²) in [5.41, 5.74) is 0. The third-order valence-corrected chi connectivity index (χ3v) is 4.35. The highest BCUT2D eigenvalue weighted by Crippen LogP contribution is 2.35. The average Bonchev–Trinajstić information content (AvgIpc) is 2.63. The molecule has 0 saturated heterocycles. The van der Waals surface area contributed by atoms with Crippen LogP contribution in [0.3, 0.4) is 0 Å². The van der Waals surface area contributed by atoms with Gasteiger partial charge in [0.25, 0.3) is 0 Å². The van der Waals surface area contributed by atoms with Gasteiger partial charge >= 0.3 is 0 Å². The van der Waals surface area contributed by atoms with E-state index in [-0.39, 0.29) is 0 Å². The number of benzene rings is 1. The summed E-state index contributed by atoms with van der Waals surface area (Å²) in [6.07, 6.45) is 0. The first-order valence-electron chi connectivity index (χ1n) is 4.04. The lowest BCUT2D eigenvalue weighted by atomic mass is 10.4. The maximum Gasteiger partial charge on any atom is 0.211 e. The Bertz CT molecular complexity index is 399. The standard InChI is InChI=1S/C9H8N2S3/c1-7-10-9(11-12-7)14-13-8-5-3-2-4-6-8/h2-6H,1H3. The predicted octanol–water partition coefficient (Wildman–Crippen LogP) is 3.65. The molecule has 5 heteroatoms. The minimum atomic E-state index is 0.848. The molecular formula is C9H8N2S3. The van der Waals surface area contributed by atoms with Gasteiger partial charge in [-0.3, -0.25) is 0 Å². The Morgan fingerprint density at radius 1 is 1.14 bits per heavy atom. The van der Waals surface area contributed by atoms with Gasteiger partial charge in [0.2, 0.25) is 5.16 Å². The molecule has 0 spiro atoms. The van der Waals surface area contributed by atoms with Gasteiger partial charge in [0, 0.05) is 4.90 Å². The molecule has 0 aliphatic rings. The Kier molecular flexibility index (Phi) is 3.44. The van der Waals surface area contributed by atoms with E-state index in [1.165, 1.54) is 16.4 Å². The molecular weight excluding hydrogens is 232 g/mol. The van der Waals surface area contributed by atoms with Gasteiger partial charge in [-0.1, -0.05) is 18.2 Å². The highest BCUT2D eigenvalue weighted by molar-refractivity contribution is 8.76. The fourth-order valence-corrected chi connectivity index (χ4v) is 3.39. The van der Waals surface area contributed by atoms with Gasteiger partial charge in [-0.25, -0.2) is 4.98 Å². The third kappa shape index (κ3) is 2.73. The van der Waals surface area contributed by atoms with E-state index in [9.17, 15) is 0 Å². The van der Waals surface area contributed by atoms with Crippen LogP contribution in [0.1, 0.15) is 5.01 Å². The monoisotopic (exact) mass is 240 g/mol. The quantitative estimate of drug-likeness (QED) is 0.765. The van der Waals surface area contributed by atoms with Crippen LogP contribution >= 0.6 is 33.1 Å². The Morgan fingerprint density at radius 3 is 2.57 bits per heavy atom. The first kappa shape index (κ1) is 10.0. The number of hydrogen-bond donors (Lipinski definition) is 0. The molecule has 0 bridgehead atoms. The van der Waals surface area contributed by atoms with E-state index >= 15 is 0 Å². The van der Waals surface area contributed by atoms with Crippen molar-refractivity contribution in [1.82, 2.24) is 9.36 Å². The minimum absolute atomic E-state index is 0.848. The van der Waals surface area contributed by atoms with Crippen molar-refractivity contribution in [3.05, 3.63) is 35.3 Å². The fourth-order valence-electron chi connectivity index (χ4n) is 0.876. The summed E-state index contributed by atoms with van der Waals surface area (Å²) in [7, 11) is 3.28. The lowest BCUT2D eigenvalue weighted by Crippen LogP contribution is -1.71. The van der Waals surface area contributed by atoms with Gasteiger partial charge in [0.1, 0.15) is 5.01 Å². The van der Waals surface area contributed by atoms with Crippen molar-refractivity contribution >= 4 is 33.1 Å². The smallest absolute Gasteiger partial charge is 0.211 e. The second kappa shape index (κ2) is 4.82. The summed E-state index contributed by atoms with van der Waals surface area (Å²) >= 11 is 1.44. The van der Waals surface area contributed by atoms with Crippen LogP contribution in [0.15, 0.2) is 40.4 Å². The zero-order valence-electron chi connectivity index (χ0n) is 7.51. The van der Waals surface area contributed by atoms with Gasteiger partial charge in [-0.05, 0) is 52.2 Å². The van der Waals surface area contributed by atoms with Crippen LogP contribution in [-0.4, -0.2) is 9.36 Å². The van der Waals surface area contributed by atoms with Gasteiger partial charge in [-0.2, -0.15) is 4.37 Å². The fraction of sp³-hybridized carbons (Fsp3) is 0.111. The summed E-state index contributed by atoms with van der Waals surface area (Å²) in [4.78, 5) is 5.50. The number of aromatic nitrogens is 2. The van der Waals surface area contributed by atoms with Gasteiger partial charge in [0.15, 0.2) is 0 Å². The summed E-state index contributed by atoms with van der Waals surface area (Å²) in [6, 6.07) is 10.2. The SMILES string of the molecule is Cc1nc(SSc2ccccc2)ns1. The molecule has 1 aromatic carbocycles. The molecule has 2 nitrogen and oxygen atoms in total. The highest BCUT2D eigenvalue weighted by Gasteiger charge is 2.01. The predicted molar refractivity (Wildman–Crippen MR) is 62.8 cm³/mol. The Balaban J connectivity index is 1.95. The summed E-state index contributed by atoms with van der Waals surface area (Å²) < 4.78 is 4.20. The van der Waals surface area contributed by atoms with Gasteiger partial charge in [-0.15, -0.1) is 0 Å². The Labute approximate surface area is 94.7 Å². The van der Waals surface area contributed by atoms with Crippen molar-refractivity contribution in [2.45, 2.75) is 17.0 Å². The van der Waals surface area contributed by atoms with Crippen molar-refractivity contribution in [3.8, 4) is 0 Å². The molecule has 0 aliphatic heterocycles. The maximum atomic E-state index is 4.28. The molecule has 0 saturated carbocycles. The highest BCUT2D eigenvalue weighted by atomic mass is 33.1. The molecule has 72 valence electrons. The molecule has 2 rings (SSSR count). The molecule has 0 N–H and O–H groups in total. The topological polar surface area (TPSA) is 25.8 Å². The molecule has 0 fully saturated rings. The van der Waals surface area contributed by atoms with Crippen LogP contribution < -0.4 is 0 Å². The van der Waals surface area contributed by atoms with E-state index in [0.717, 1.165) is 10.2 Å². The molecule has 2 aromatic rings. The van der Waals surface area contributed by atoms with E-state index < -0.39 is 0 Å². The normalized spacial score (nSPS) is 10.4. The number of nitrogens with zero attached hydrogens (tertiary/aromatic N) is 2. The molecule has 14 heavy (non-hydrogen) atoms. The van der Waals surface area contributed by atoms with Crippen LogP contribution in [0.25, 0.3) is 0 Å². The number of aryl methyl sites for hydroxylation is 1. The van der Waals surface area contributed by atoms with E-state index in [4.69, 9.17) is 0 Å². The minimum Gasteiger partial charge on any atom is -0.214 e. The number of hydrogen-bond acceptors (Lipinski definition) is 5. The molecule has 1 aromatic heterocycles. The molecule has 0 radical (unpaired) electrons. The van der Waals surface area contributed by atoms with E-state index in [0.29, 0.717) is 0 Å². The van der Waals surface area contributed by atoms with Crippen molar-refractivity contribution in [2.75, 3.05) is 0 Å². The van der Waals surface area contributed by atoms with E-state index in [2.05, 4.69) is 21.5 Å². The molecule has 0 atom stereocenters. The summed E-state index contributed by atoms with van der Waals surface area (Å²) in [5.74, 6) is 0. The number of rotatable bonds is 3. The first-order chi connectivity index (χ1) is 6.84. The van der Waals surface area contributed by atoms with Crippen molar-refractivity contribution in [2.24, 2.45) is 0 Å². The lowest BCUT2D eigenvalue weighted by Gasteiger charge is -1.95. The molecule has 0 unspecified atom stereocenters. The summed E-state index contributed by atoms with van der Waals surface area (Å²) in [5, 5.41) is 1.86. The zero-order chi connectivity index (χ0) is 9.80. The Morgan fingerprint density at radius 2 is 1.93 bits per heavy atom. The molecule has 0 aliphatic carbocycles. The lowest BCUT2D eigenvalue weighted by molar-refractivity contribution is 1.06. The first-order valence-corrected chi connectivity index (χ1v) is 6.97. The van der Waals surface area contributed by atoms with Crippen LogP contribution in [0.5, 0.6) is 0 Å². The largest absolute Gasteiger partial charge is 0.214 e. The second-order valence-electron chi connectivity index (χ2n) is 2.58. The summed E-state index contributed by atoms with van der Waals surface area (Å²) in [6.45, 7) is 1.97. The zero-order valence-corrected chi connectivity index (χ0v) is 9.96. The van der Waals surface area contributed by atoms with Gasteiger partial charge < -0.3 is 0 Å². The van der Waals surface area contributed by atoms with Crippen LogP contribution in [0.4, 0.5) is 0 Å². The Hall–Kier alpha value is -0.520. The second-order valence-corrected chi connectivity index (χ2v) is 5.70. The molecule has 0 amide bonds. The average molecular weight is 240 g/mol. The van der Waals surface area contributed by atoms with Crippen molar-refractivity contribution in [1.29, 1.82) is 0 Å². The van der Waals surface area contributed by atoms with E-state index in [1.54, 1.807) is 21.6 Å². The molecule has 1 heterocycles. The van der Waals surface area contributed by atoms with Crippen LogP contribution in [-0.2, 0) is 0 Å². The van der Waals surface area contributed by atoms with Gasteiger partial charge in [0.05, 0.1) is 0 Å². The van der Waals surface area contributed by atoms with E-state index in [1.807, 2.05) is 25.1 Å². The maximum absolute atomic E-state index is 4.28. The van der Waals surface area contributed by atoms with Crippen molar-refractivity contribution < 1.29 is 0 Å². The van der Waals surface area contributed by atoms with Crippen LogP contribution in [0, 0.1) is 6.92 Å².